The molecule has 0 aliphatic carbocycles. The van der Waals surface area contributed by atoms with E-state index in [9.17, 15) is 13.6 Å². The summed E-state index contributed by atoms with van der Waals surface area (Å²) in [7, 11) is 0. The fourth-order valence-electron chi connectivity index (χ4n) is 2.35. The van der Waals surface area contributed by atoms with Crippen LogP contribution in [0.15, 0.2) is 52.1 Å². The molecule has 0 atom stereocenters. The predicted molar refractivity (Wildman–Crippen MR) is 102 cm³/mol. The van der Waals surface area contributed by atoms with Gasteiger partial charge >= 0.3 is 6.61 Å². The number of amides is 1. The minimum absolute atomic E-state index is 0.0379. The summed E-state index contributed by atoms with van der Waals surface area (Å²) in [5.74, 6) is 0.180. The first kappa shape index (κ1) is 19.8. The normalized spacial score (nSPS) is 10.9. The maximum atomic E-state index is 12.2. The Morgan fingerprint density at radius 1 is 1.18 bits per heavy atom. The van der Waals surface area contributed by atoms with Gasteiger partial charge < -0.3 is 14.5 Å². The van der Waals surface area contributed by atoms with Crippen molar-refractivity contribution in [2.24, 2.45) is 0 Å². The summed E-state index contributed by atoms with van der Waals surface area (Å²) in [4.78, 5) is 12.2. The number of hydrogen-bond donors (Lipinski definition) is 1. The molecule has 146 valence electrons. The van der Waals surface area contributed by atoms with Crippen LogP contribution in [0.2, 0.25) is 0 Å². The fraction of sp³-hybridized carbons (Fsp3) is 0.211. The second-order valence-corrected chi connectivity index (χ2v) is 6.86. The standard InChI is InChI=1S/C19H17F2N3O3S/c1-11-3-4-12(2)15(9-11)22-16(25)10-28-19-24-23-17(27-19)13-5-7-14(8-6-13)26-18(20)21/h3-9,18H,10H2,1-2H3,(H,22,25). The van der Waals surface area contributed by atoms with E-state index in [-0.39, 0.29) is 28.5 Å². The molecule has 0 radical (unpaired) electrons. The number of aromatic nitrogens is 2. The highest BCUT2D eigenvalue weighted by atomic mass is 32.2. The second-order valence-electron chi connectivity index (χ2n) is 5.93. The van der Waals surface area contributed by atoms with Gasteiger partial charge in [0, 0.05) is 11.3 Å². The smallest absolute Gasteiger partial charge is 0.387 e. The summed E-state index contributed by atoms with van der Waals surface area (Å²) in [5, 5.41) is 10.9. The monoisotopic (exact) mass is 405 g/mol. The molecule has 2 aromatic carbocycles. The molecule has 3 aromatic rings. The lowest BCUT2D eigenvalue weighted by Gasteiger charge is -2.08. The maximum Gasteiger partial charge on any atom is 0.387 e. The quantitative estimate of drug-likeness (QED) is 0.575. The van der Waals surface area contributed by atoms with Crippen molar-refractivity contribution in [3.63, 3.8) is 0 Å². The van der Waals surface area contributed by atoms with E-state index in [1.54, 1.807) is 0 Å². The number of ether oxygens (including phenoxy) is 1. The van der Waals surface area contributed by atoms with Gasteiger partial charge in [-0.25, -0.2) is 0 Å². The first-order valence-corrected chi connectivity index (χ1v) is 9.28. The molecule has 1 amide bonds. The van der Waals surface area contributed by atoms with E-state index >= 15 is 0 Å². The molecule has 0 aliphatic rings. The van der Waals surface area contributed by atoms with E-state index in [0.717, 1.165) is 28.6 Å². The Hall–Kier alpha value is -2.94. The van der Waals surface area contributed by atoms with Crippen molar-refractivity contribution in [1.29, 1.82) is 0 Å². The molecule has 0 aliphatic heterocycles. The van der Waals surface area contributed by atoms with Gasteiger partial charge in [0.15, 0.2) is 0 Å². The average Bonchev–Trinajstić information content (AvgIpc) is 3.12. The molecule has 1 aromatic heterocycles. The van der Waals surface area contributed by atoms with Gasteiger partial charge in [0.25, 0.3) is 5.22 Å². The third-order valence-electron chi connectivity index (χ3n) is 3.73. The molecular weight excluding hydrogens is 388 g/mol. The lowest BCUT2D eigenvalue weighted by atomic mass is 10.1. The number of benzene rings is 2. The summed E-state index contributed by atoms with van der Waals surface area (Å²) in [6.45, 7) is 0.993. The predicted octanol–water partition coefficient (Wildman–Crippen LogP) is 4.69. The van der Waals surface area contributed by atoms with Crippen LogP contribution >= 0.6 is 11.8 Å². The zero-order valence-corrected chi connectivity index (χ0v) is 15.9. The highest BCUT2D eigenvalue weighted by Gasteiger charge is 2.13. The van der Waals surface area contributed by atoms with Crippen molar-refractivity contribution < 1.29 is 22.7 Å². The Morgan fingerprint density at radius 2 is 1.93 bits per heavy atom. The number of alkyl halides is 2. The van der Waals surface area contributed by atoms with E-state index in [0.29, 0.717) is 5.56 Å². The summed E-state index contributed by atoms with van der Waals surface area (Å²) in [5.41, 5.74) is 3.35. The SMILES string of the molecule is Cc1ccc(C)c(NC(=O)CSc2nnc(-c3ccc(OC(F)F)cc3)o2)c1. The number of halogens is 2. The molecule has 1 N–H and O–H groups in total. The zero-order chi connectivity index (χ0) is 20.1. The number of anilines is 1. The molecule has 0 saturated carbocycles. The molecule has 9 heteroatoms. The minimum atomic E-state index is -2.88. The van der Waals surface area contributed by atoms with Crippen molar-refractivity contribution in [2.75, 3.05) is 11.1 Å². The number of aryl methyl sites for hydroxylation is 2. The lowest BCUT2D eigenvalue weighted by Crippen LogP contribution is -2.14. The molecular formula is C19H17F2N3O3S. The molecule has 1 heterocycles. The van der Waals surface area contributed by atoms with Crippen molar-refractivity contribution in [1.82, 2.24) is 10.2 Å². The maximum absolute atomic E-state index is 12.2. The van der Waals surface area contributed by atoms with Crippen LogP contribution in [0.25, 0.3) is 11.5 Å². The summed E-state index contributed by atoms with van der Waals surface area (Å²) in [6.07, 6.45) is 0. The zero-order valence-electron chi connectivity index (χ0n) is 15.1. The van der Waals surface area contributed by atoms with Gasteiger partial charge in [-0.1, -0.05) is 23.9 Å². The fourth-order valence-corrected chi connectivity index (χ4v) is 2.91. The van der Waals surface area contributed by atoms with Crippen molar-refractivity contribution >= 4 is 23.4 Å². The van der Waals surface area contributed by atoms with E-state index in [2.05, 4.69) is 20.3 Å². The van der Waals surface area contributed by atoms with Gasteiger partial charge in [-0.2, -0.15) is 8.78 Å². The number of carbonyl (C=O) groups excluding carboxylic acids is 1. The Labute approximate surface area is 164 Å². The number of carbonyl (C=O) groups is 1. The van der Waals surface area contributed by atoms with E-state index < -0.39 is 6.61 Å². The second kappa shape index (κ2) is 8.83. The van der Waals surface area contributed by atoms with Crippen LogP contribution in [0.1, 0.15) is 11.1 Å². The summed E-state index contributed by atoms with van der Waals surface area (Å²) < 4.78 is 34.2. The highest BCUT2D eigenvalue weighted by molar-refractivity contribution is 7.99. The molecule has 6 nitrogen and oxygen atoms in total. The first-order valence-electron chi connectivity index (χ1n) is 8.29. The van der Waals surface area contributed by atoms with Crippen LogP contribution < -0.4 is 10.1 Å². The van der Waals surface area contributed by atoms with Crippen LogP contribution in [0, 0.1) is 13.8 Å². The molecule has 0 saturated heterocycles. The number of thioether (sulfide) groups is 1. The molecule has 0 spiro atoms. The van der Waals surface area contributed by atoms with Crippen LogP contribution in [0.4, 0.5) is 14.5 Å². The van der Waals surface area contributed by atoms with Gasteiger partial charge in [0.2, 0.25) is 11.8 Å². The third kappa shape index (κ3) is 5.29. The topological polar surface area (TPSA) is 77.2 Å². The summed E-state index contributed by atoms with van der Waals surface area (Å²) >= 11 is 1.11. The van der Waals surface area contributed by atoms with Crippen molar-refractivity contribution in [3.8, 4) is 17.2 Å². The van der Waals surface area contributed by atoms with Gasteiger partial charge in [-0.05, 0) is 55.3 Å². The average molecular weight is 405 g/mol. The largest absolute Gasteiger partial charge is 0.435 e. The van der Waals surface area contributed by atoms with Crippen molar-refractivity contribution in [2.45, 2.75) is 25.7 Å². The Bertz CT molecular complexity index is 961. The number of rotatable bonds is 7. The van der Waals surface area contributed by atoms with Crippen molar-refractivity contribution in [3.05, 3.63) is 53.6 Å². The number of nitrogens with zero attached hydrogens (tertiary/aromatic N) is 2. The molecule has 28 heavy (non-hydrogen) atoms. The van der Waals surface area contributed by atoms with E-state index in [1.807, 2.05) is 32.0 Å². The van der Waals surface area contributed by atoms with Gasteiger partial charge in [-0.3, -0.25) is 4.79 Å². The van der Waals surface area contributed by atoms with Gasteiger partial charge in [0.05, 0.1) is 5.75 Å². The van der Waals surface area contributed by atoms with Crippen LogP contribution in [0.3, 0.4) is 0 Å². The molecule has 3 rings (SSSR count). The number of hydrogen-bond acceptors (Lipinski definition) is 6. The molecule has 0 fully saturated rings. The Morgan fingerprint density at radius 3 is 2.64 bits per heavy atom. The number of nitrogens with one attached hydrogen (secondary N) is 1. The van der Waals surface area contributed by atoms with Crippen LogP contribution in [0.5, 0.6) is 5.75 Å². The molecule has 0 unspecified atom stereocenters. The Balaban J connectivity index is 1.57. The third-order valence-corrected chi connectivity index (χ3v) is 4.55. The van der Waals surface area contributed by atoms with E-state index in [4.69, 9.17) is 4.42 Å². The first-order chi connectivity index (χ1) is 13.4. The van der Waals surface area contributed by atoms with Crippen LogP contribution in [-0.2, 0) is 4.79 Å². The van der Waals surface area contributed by atoms with Gasteiger partial charge in [-0.15, -0.1) is 10.2 Å². The summed E-state index contributed by atoms with van der Waals surface area (Å²) in [6, 6.07) is 11.7. The molecule has 0 bridgehead atoms. The van der Waals surface area contributed by atoms with E-state index in [1.165, 1.54) is 24.3 Å². The highest BCUT2D eigenvalue weighted by Crippen LogP contribution is 2.26. The minimum Gasteiger partial charge on any atom is -0.435 e. The Kier molecular flexibility index (Phi) is 6.25. The van der Waals surface area contributed by atoms with Gasteiger partial charge in [0.1, 0.15) is 5.75 Å². The van der Waals surface area contributed by atoms with Crippen LogP contribution in [-0.4, -0.2) is 28.5 Å². The lowest BCUT2D eigenvalue weighted by molar-refractivity contribution is -0.113.